The number of halogens is 1. The van der Waals surface area contributed by atoms with Crippen LogP contribution in [-0.2, 0) is 6.54 Å². The molecule has 0 radical (unpaired) electrons. The number of aromatic nitrogens is 3. The van der Waals surface area contributed by atoms with Gasteiger partial charge in [0.05, 0.1) is 6.54 Å². The highest BCUT2D eigenvalue weighted by Gasteiger charge is 2.12. The standard InChI is InChI=1S/C23H18BrN3O2/c1-16(28)23-25-12-13-27(23)15-21-14-22(29-26-21)19-8-4-17(5-9-19)2-3-18-6-10-20(24)11-7-18/h4-14,16,28H,15H2,1H3/t16-/m0/s1. The second kappa shape index (κ2) is 8.48. The van der Waals surface area contributed by atoms with Crippen molar-refractivity contribution in [2.45, 2.75) is 19.6 Å². The maximum atomic E-state index is 9.77. The van der Waals surface area contributed by atoms with E-state index in [1.54, 1.807) is 13.1 Å². The number of imidazole rings is 1. The molecule has 29 heavy (non-hydrogen) atoms. The highest BCUT2D eigenvalue weighted by Crippen LogP contribution is 2.22. The van der Waals surface area contributed by atoms with Gasteiger partial charge in [-0.25, -0.2) is 4.98 Å². The summed E-state index contributed by atoms with van der Waals surface area (Å²) in [6.07, 6.45) is 2.84. The summed E-state index contributed by atoms with van der Waals surface area (Å²) in [5.41, 5.74) is 3.59. The van der Waals surface area contributed by atoms with E-state index in [0.717, 1.165) is 26.9 Å². The van der Waals surface area contributed by atoms with E-state index in [0.29, 0.717) is 18.1 Å². The summed E-state index contributed by atoms with van der Waals surface area (Å²) < 4.78 is 8.38. The molecule has 0 spiro atoms. The van der Waals surface area contributed by atoms with E-state index in [4.69, 9.17) is 4.52 Å². The Morgan fingerprint density at radius 3 is 2.38 bits per heavy atom. The summed E-state index contributed by atoms with van der Waals surface area (Å²) in [4.78, 5) is 4.17. The van der Waals surface area contributed by atoms with Crippen LogP contribution >= 0.6 is 15.9 Å². The Hall–Kier alpha value is -3.14. The van der Waals surface area contributed by atoms with E-state index in [-0.39, 0.29) is 0 Å². The van der Waals surface area contributed by atoms with Crippen LogP contribution in [0.25, 0.3) is 11.3 Å². The number of aliphatic hydroxyl groups is 1. The predicted molar refractivity (Wildman–Crippen MR) is 114 cm³/mol. The van der Waals surface area contributed by atoms with Crippen LogP contribution in [0.2, 0.25) is 0 Å². The normalized spacial score (nSPS) is 11.7. The summed E-state index contributed by atoms with van der Waals surface area (Å²) >= 11 is 3.42. The van der Waals surface area contributed by atoms with Crippen molar-refractivity contribution in [3.63, 3.8) is 0 Å². The minimum atomic E-state index is -0.637. The molecule has 4 rings (SSSR count). The first kappa shape index (κ1) is 19.2. The lowest BCUT2D eigenvalue weighted by atomic mass is 10.1. The number of hydrogen-bond acceptors (Lipinski definition) is 4. The monoisotopic (exact) mass is 447 g/mol. The highest BCUT2D eigenvalue weighted by atomic mass is 79.9. The van der Waals surface area contributed by atoms with E-state index in [9.17, 15) is 5.11 Å². The second-order valence-corrected chi connectivity index (χ2v) is 7.52. The Kier molecular flexibility index (Phi) is 5.61. The van der Waals surface area contributed by atoms with Gasteiger partial charge in [-0.2, -0.15) is 0 Å². The van der Waals surface area contributed by atoms with Gasteiger partial charge < -0.3 is 14.2 Å². The lowest BCUT2D eigenvalue weighted by Gasteiger charge is -2.07. The number of aliphatic hydroxyl groups excluding tert-OH is 1. The van der Waals surface area contributed by atoms with Gasteiger partial charge in [-0.15, -0.1) is 0 Å². The second-order valence-electron chi connectivity index (χ2n) is 6.61. The fourth-order valence-electron chi connectivity index (χ4n) is 2.91. The van der Waals surface area contributed by atoms with Gasteiger partial charge in [0, 0.05) is 39.6 Å². The minimum absolute atomic E-state index is 0.487. The molecule has 2 aromatic carbocycles. The van der Waals surface area contributed by atoms with Gasteiger partial charge >= 0.3 is 0 Å². The Morgan fingerprint density at radius 1 is 1.07 bits per heavy atom. The average molecular weight is 448 g/mol. The summed E-state index contributed by atoms with van der Waals surface area (Å²) in [7, 11) is 0. The smallest absolute Gasteiger partial charge is 0.167 e. The van der Waals surface area contributed by atoms with Gasteiger partial charge in [0.25, 0.3) is 0 Å². The van der Waals surface area contributed by atoms with Crippen molar-refractivity contribution in [1.82, 2.24) is 14.7 Å². The lowest BCUT2D eigenvalue weighted by Crippen LogP contribution is -2.07. The lowest BCUT2D eigenvalue weighted by molar-refractivity contribution is 0.184. The fraction of sp³-hybridized carbons (Fsp3) is 0.130. The molecule has 0 saturated heterocycles. The van der Waals surface area contributed by atoms with E-state index in [2.05, 4.69) is 37.9 Å². The van der Waals surface area contributed by atoms with Crippen LogP contribution in [0.15, 0.2) is 76.0 Å². The van der Waals surface area contributed by atoms with Crippen molar-refractivity contribution in [2.24, 2.45) is 0 Å². The Labute approximate surface area is 177 Å². The van der Waals surface area contributed by atoms with Gasteiger partial charge in [0.1, 0.15) is 17.6 Å². The molecule has 6 heteroatoms. The number of hydrogen-bond donors (Lipinski definition) is 1. The van der Waals surface area contributed by atoms with Gasteiger partial charge in [-0.05, 0) is 55.5 Å². The van der Waals surface area contributed by atoms with Gasteiger partial charge in [0.2, 0.25) is 0 Å². The zero-order chi connectivity index (χ0) is 20.2. The topological polar surface area (TPSA) is 64.1 Å². The molecule has 2 heterocycles. The fourth-order valence-corrected chi connectivity index (χ4v) is 3.18. The van der Waals surface area contributed by atoms with E-state index in [1.807, 2.05) is 65.4 Å². The quantitative estimate of drug-likeness (QED) is 0.456. The average Bonchev–Trinajstić information content (AvgIpc) is 3.38. The van der Waals surface area contributed by atoms with Gasteiger partial charge in [0.15, 0.2) is 5.76 Å². The molecule has 1 atom stereocenters. The first-order valence-corrected chi connectivity index (χ1v) is 9.90. The van der Waals surface area contributed by atoms with Crippen LogP contribution < -0.4 is 0 Å². The molecule has 0 aliphatic rings. The molecule has 0 aliphatic heterocycles. The molecule has 0 unspecified atom stereocenters. The van der Waals surface area contributed by atoms with Crippen LogP contribution in [0.1, 0.15) is 35.7 Å². The molecule has 1 N–H and O–H groups in total. The van der Waals surface area contributed by atoms with Gasteiger partial charge in [-0.1, -0.05) is 32.9 Å². The predicted octanol–water partition coefficient (Wildman–Crippen LogP) is 4.80. The third kappa shape index (κ3) is 4.65. The maximum Gasteiger partial charge on any atom is 0.167 e. The van der Waals surface area contributed by atoms with E-state index < -0.39 is 6.10 Å². The molecule has 144 valence electrons. The zero-order valence-corrected chi connectivity index (χ0v) is 17.3. The minimum Gasteiger partial charge on any atom is -0.385 e. The molecule has 0 bridgehead atoms. The first-order chi connectivity index (χ1) is 14.1. The summed E-state index contributed by atoms with van der Waals surface area (Å²) in [6.45, 7) is 2.18. The summed E-state index contributed by atoms with van der Waals surface area (Å²) in [5.74, 6) is 7.61. The SMILES string of the molecule is C[C@H](O)c1nccn1Cc1cc(-c2ccc(C#Cc3ccc(Br)cc3)cc2)on1. The maximum absolute atomic E-state index is 9.77. The van der Waals surface area contributed by atoms with Crippen LogP contribution in [0.3, 0.4) is 0 Å². The molecule has 0 aliphatic carbocycles. The molecule has 0 saturated carbocycles. The van der Waals surface area contributed by atoms with Crippen molar-refractivity contribution in [3.8, 4) is 23.2 Å². The Bertz CT molecular complexity index is 1160. The Balaban J connectivity index is 1.47. The number of nitrogens with zero attached hydrogens (tertiary/aromatic N) is 3. The molecular formula is C23H18BrN3O2. The molecule has 5 nitrogen and oxygen atoms in total. The third-order valence-electron chi connectivity index (χ3n) is 4.38. The molecule has 0 fully saturated rings. The molecule has 0 amide bonds. The van der Waals surface area contributed by atoms with Crippen molar-refractivity contribution in [1.29, 1.82) is 0 Å². The van der Waals surface area contributed by atoms with Crippen molar-refractivity contribution in [3.05, 3.63) is 94.1 Å². The van der Waals surface area contributed by atoms with Crippen molar-refractivity contribution >= 4 is 15.9 Å². The van der Waals surface area contributed by atoms with Crippen LogP contribution in [0.5, 0.6) is 0 Å². The van der Waals surface area contributed by atoms with Crippen molar-refractivity contribution in [2.75, 3.05) is 0 Å². The van der Waals surface area contributed by atoms with Crippen LogP contribution in [-0.4, -0.2) is 19.8 Å². The zero-order valence-electron chi connectivity index (χ0n) is 15.7. The third-order valence-corrected chi connectivity index (χ3v) is 4.91. The number of rotatable bonds is 4. The van der Waals surface area contributed by atoms with Crippen molar-refractivity contribution < 1.29 is 9.63 Å². The van der Waals surface area contributed by atoms with E-state index in [1.165, 1.54) is 0 Å². The van der Waals surface area contributed by atoms with Gasteiger partial charge in [-0.3, -0.25) is 0 Å². The highest BCUT2D eigenvalue weighted by molar-refractivity contribution is 9.10. The summed E-state index contributed by atoms with van der Waals surface area (Å²) in [6, 6.07) is 17.7. The van der Waals surface area contributed by atoms with Crippen LogP contribution in [0.4, 0.5) is 0 Å². The Morgan fingerprint density at radius 2 is 1.72 bits per heavy atom. The van der Waals surface area contributed by atoms with Crippen LogP contribution in [0, 0.1) is 11.8 Å². The van der Waals surface area contributed by atoms with E-state index >= 15 is 0 Å². The summed E-state index contributed by atoms with van der Waals surface area (Å²) in [5, 5.41) is 13.9. The number of benzene rings is 2. The largest absolute Gasteiger partial charge is 0.385 e. The first-order valence-electron chi connectivity index (χ1n) is 9.11. The molecule has 4 aromatic rings. The molecule has 2 aromatic heterocycles. The molecular weight excluding hydrogens is 430 g/mol.